The van der Waals surface area contributed by atoms with Gasteiger partial charge < -0.3 is 0 Å². The molecule has 0 atom stereocenters. The highest BCUT2D eigenvalue weighted by Crippen LogP contribution is 2.08. The molecule has 1 nitrogen and oxygen atoms in total. The lowest BCUT2D eigenvalue weighted by atomic mass is 10.2. The Morgan fingerprint density at radius 1 is 1.18 bits per heavy atom. The summed E-state index contributed by atoms with van der Waals surface area (Å²) in [6.45, 7) is 11.2. The molecule has 0 saturated carbocycles. The van der Waals surface area contributed by atoms with Gasteiger partial charge >= 0.3 is 0 Å². The number of allylic oxidation sites excluding steroid dienone is 2. The lowest BCUT2D eigenvalue weighted by Gasteiger charge is -1.99. The van der Waals surface area contributed by atoms with E-state index in [1.807, 2.05) is 38.2 Å². The van der Waals surface area contributed by atoms with Crippen molar-refractivity contribution in [3.05, 3.63) is 55.7 Å². The van der Waals surface area contributed by atoms with Crippen molar-refractivity contribution < 1.29 is 0 Å². The van der Waals surface area contributed by atoms with Crippen LogP contribution in [-0.4, -0.2) is 0 Å². The largest absolute Gasteiger partial charge is 0.289 e. The van der Waals surface area contributed by atoms with Crippen LogP contribution in [0.4, 0.5) is 0 Å². The van der Waals surface area contributed by atoms with E-state index in [-0.39, 0.29) is 5.43 Å². The van der Waals surface area contributed by atoms with Crippen molar-refractivity contribution in [2.24, 2.45) is 0 Å². The van der Waals surface area contributed by atoms with Crippen molar-refractivity contribution >= 4 is 35.6 Å². The smallest absolute Gasteiger partial charge is 0.195 e. The van der Waals surface area contributed by atoms with Crippen molar-refractivity contribution in [2.45, 2.75) is 13.8 Å². The fourth-order valence-corrected chi connectivity index (χ4v) is 2.60. The Kier molecular flexibility index (Phi) is 4.85. The molecule has 0 aliphatic rings. The zero-order chi connectivity index (χ0) is 12.8. The molecule has 0 aliphatic carbocycles. The van der Waals surface area contributed by atoms with Gasteiger partial charge in [-0.2, -0.15) is 0 Å². The first-order chi connectivity index (χ1) is 8.19. The van der Waals surface area contributed by atoms with Gasteiger partial charge in [0.25, 0.3) is 0 Å². The summed E-state index contributed by atoms with van der Waals surface area (Å²) in [6.07, 6.45) is 11.0. The van der Waals surface area contributed by atoms with Crippen LogP contribution in [0.2, 0.25) is 0 Å². The molecule has 0 radical (unpaired) electrons. The molecule has 2 heteroatoms. The van der Waals surface area contributed by atoms with Gasteiger partial charge in [0, 0.05) is 20.2 Å². The van der Waals surface area contributed by atoms with Crippen LogP contribution in [0.25, 0.3) is 24.3 Å². The van der Waals surface area contributed by atoms with E-state index in [0.717, 1.165) is 14.6 Å². The minimum absolute atomic E-state index is 0.0203. The van der Waals surface area contributed by atoms with Gasteiger partial charge in [-0.15, -0.1) is 11.3 Å². The molecule has 0 N–H and O–H groups in total. The van der Waals surface area contributed by atoms with Gasteiger partial charge in [-0.3, -0.25) is 4.79 Å². The van der Waals surface area contributed by atoms with E-state index in [4.69, 9.17) is 0 Å². The van der Waals surface area contributed by atoms with E-state index in [1.54, 1.807) is 23.5 Å². The van der Waals surface area contributed by atoms with E-state index in [2.05, 4.69) is 13.2 Å². The maximum absolute atomic E-state index is 12.2. The van der Waals surface area contributed by atoms with E-state index in [9.17, 15) is 4.79 Å². The van der Waals surface area contributed by atoms with Crippen molar-refractivity contribution in [2.75, 3.05) is 0 Å². The quantitative estimate of drug-likeness (QED) is 0.798. The fraction of sp³-hybridized carbons (Fsp3) is 0.133. The third-order valence-corrected chi connectivity index (χ3v) is 3.54. The summed E-state index contributed by atoms with van der Waals surface area (Å²) in [5, 5.41) is 0.730. The number of hydrogen-bond donors (Lipinski definition) is 0. The first kappa shape index (κ1) is 13.4. The van der Waals surface area contributed by atoms with Crippen LogP contribution in [0.3, 0.4) is 0 Å². The SMILES string of the molecule is C=Cc1sc(=C/C=C\C)/c(=C\C)c(=O)c1C=C. The molecular formula is C15H16OS. The molecule has 0 amide bonds. The molecule has 17 heavy (non-hydrogen) atoms. The minimum atomic E-state index is 0.0203. The van der Waals surface area contributed by atoms with Gasteiger partial charge in [-0.1, -0.05) is 43.5 Å². The van der Waals surface area contributed by atoms with E-state index in [1.165, 1.54) is 0 Å². The molecule has 1 heterocycles. The molecule has 0 fully saturated rings. The van der Waals surface area contributed by atoms with Crippen LogP contribution in [0.5, 0.6) is 0 Å². The Bertz CT molecular complexity index is 630. The first-order valence-electron chi connectivity index (χ1n) is 5.40. The average Bonchev–Trinajstić information content (AvgIpc) is 2.35. The summed E-state index contributed by atoms with van der Waals surface area (Å²) in [5.74, 6) is 0. The standard InChI is InChI=1S/C15H16OS/c1-5-9-10-14-12(7-3)15(16)11(6-2)13(8-4)17-14/h5-10H,2,4H2,1,3H3/b9-5-,12-7+,14-10+. The summed E-state index contributed by atoms with van der Waals surface area (Å²) < 4.78 is 0.955. The zero-order valence-electron chi connectivity index (χ0n) is 10.2. The first-order valence-corrected chi connectivity index (χ1v) is 6.22. The lowest BCUT2D eigenvalue weighted by Crippen LogP contribution is -2.38. The lowest BCUT2D eigenvalue weighted by molar-refractivity contribution is 1.47. The second-order valence-electron chi connectivity index (χ2n) is 3.38. The number of rotatable bonds is 3. The van der Waals surface area contributed by atoms with Crippen molar-refractivity contribution in [3.8, 4) is 0 Å². The Balaban J connectivity index is 3.90. The second kappa shape index (κ2) is 6.16. The second-order valence-corrected chi connectivity index (χ2v) is 4.46. The van der Waals surface area contributed by atoms with Crippen LogP contribution in [0.1, 0.15) is 24.3 Å². The molecule has 88 valence electrons. The predicted octanol–water partition coefficient (Wildman–Crippen LogP) is 2.55. The molecule has 0 unspecified atom stereocenters. The molecule has 0 aromatic carbocycles. The van der Waals surface area contributed by atoms with Gasteiger partial charge in [0.15, 0.2) is 5.43 Å². The van der Waals surface area contributed by atoms with Crippen LogP contribution in [0.15, 0.2) is 30.1 Å². The average molecular weight is 244 g/mol. The minimum Gasteiger partial charge on any atom is -0.289 e. The number of hydrogen-bond acceptors (Lipinski definition) is 2. The maximum Gasteiger partial charge on any atom is 0.195 e. The Morgan fingerprint density at radius 3 is 2.35 bits per heavy atom. The highest BCUT2D eigenvalue weighted by atomic mass is 32.1. The normalized spacial score (nSPS) is 13.3. The van der Waals surface area contributed by atoms with Gasteiger partial charge in [-0.05, 0) is 19.9 Å². The summed E-state index contributed by atoms with van der Waals surface area (Å²) in [5.41, 5.74) is 0.655. The molecule has 1 aromatic rings. The van der Waals surface area contributed by atoms with E-state index in [0.29, 0.717) is 5.56 Å². The molecule has 1 aromatic heterocycles. The van der Waals surface area contributed by atoms with Gasteiger partial charge in [0.1, 0.15) is 0 Å². The van der Waals surface area contributed by atoms with Crippen molar-refractivity contribution in [3.63, 3.8) is 0 Å². The topological polar surface area (TPSA) is 17.1 Å². The van der Waals surface area contributed by atoms with Crippen LogP contribution in [-0.2, 0) is 0 Å². The third kappa shape index (κ3) is 2.71. The van der Waals surface area contributed by atoms with Crippen LogP contribution >= 0.6 is 11.3 Å². The highest BCUT2D eigenvalue weighted by Gasteiger charge is 2.04. The third-order valence-electron chi connectivity index (χ3n) is 2.36. The molecule has 0 bridgehead atoms. The predicted molar refractivity (Wildman–Crippen MR) is 79.4 cm³/mol. The summed E-state index contributed by atoms with van der Waals surface area (Å²) in [4.78, 5) is 13.1. The molecule has 0 spiro atoms. The molecule has 0 aliphatic heterocycles. The molecular weight excluding hydrogens is 228 g/mol. The zero-order valence-corrected chi connectivity index (χ0v) is 11.0. The highest BCUT2D eigenvalue weighted by molar-refractivity contribution is 7.10. The fourth-order valence-electron chi connectivity index (χ4n) is 1.52. The summed E-state index contributed by atoms with van der Waals surface area (Å²) in [7, 11) is 0. The van der Waals surface area contributed by atoms with Gasteiger partial charge in [0.2, 0.25) is 0 Å². The van der Waals surface area contributed by atoms with E-state index < -0.39 is 0 Å². The monoisotopic (exact) mass is 244 g/mol. The summed E-state index contributed by atoms with van der Waals surface area (Å²) >= 11 is 1.55. The van der Waals surface area contributed by atoms with Crippen LogP contribution < -0.4 is 15.2 Å². The summed E-state index contributed by atoms with van der Waals surface area (Å²) in [6, 6.07) is 0. The Hall–Kier alpha value is -1.67. The van der Waals surface area contributed by atoms with E-state index >= 15 is 0 Å². The van der Waals surface area contributed by atoms with Gasteiger partial charge in [-0.25, -0.2) is 0 Å². The molecule has 1 rings (SSSR count). The Labute approximate surface area is 105 Å². The molecule has 0 saturated heterocycles. The Morgan fingerprint density at radius 2 is 1.88 bits per heavy atom. The van der Waals surface area contributed by atoms with Crippen LogP contribution in [0, 0.1) is 0 Å². The van der Waals surface area contributed by atoms with Gasteiger partial charge in [0.05, 0.1) is 0 Å². The van der Waals surface area contributed by atoms with Crippen molar-refractivity contribution in [1.29, 1.82) is 0 Å². The maximum atomic E-state index is 12.2. The van der Waals surface area contributed by atoms with Crippen molar-refractivity contribution in [1.82, 2.24) is 0 Å².